The molecule has 1 aromatic rings. The van der Waals surface area contributed by atoms with Crippen LogP contribution in [-0.4, -0.2) is 40.0 Å². The van der Waals surface area contributed by atoms with Crippen LogP contribution in [0.3, 0.4) is 0 Å². The molecule has 98 valence electrons. The van der Waals surface area contributed by atoms with Crippen LogP contribution in [0.1, 0.15) is 12.0 Å². The van der Waals surface area contributed by atoms with Gasteiger partial charge in [-0.2, -0.15) is 0 Å². The van der Waals surface area contributed by atoms with Crippen molar-refractivity contribution in [2.24, 2.45) is 0 Å². The fourth-order valence-corrected chi connectivity index (χ4v) is 4.91. The minimum Gasteiger partial charge on any atom is -0.385 e. The summed E-state index contributed by atoms with van der Waals surface area (Å²) in [5.74, 6) is 0. The van der Waals surface area contributed by atoms with Gasteiger partial charge in [0.15, 0.2) is 0 Å². The number of nitrogens with zero attached hydrogens (tertiary/aromatic N) is 1. The normalized spacial score (nSPS) is 12.3. The van der Waals surface area contributed by atoms with Crippen molar-refractivity contribution >= 4 is 37.3 Å². The largest absolute Gasteiger partial charge is 0.385 e. The second-order valence-corrected chi connectivity index (χ2v) is 8.34. The fraction of sp³-hybridized carbons (Fsp3) is 0.600. The summed E-state index contributed by atoms with van der Waals surface area (Å²) in [7, 11) is -0.158. The van der Waals surface area contributed by atoms with Crippen LogP contribution in [0.2, 0.25) is 0 Å². The van der Waals surface area contributed by atoms with Gasteiger partial charge in [0.25, 0.3) is 10.0 Å². The van der Waals surface area contributed by atoms with Crippen LogP contribution < -0.4 is 0 Å². The number of methoxy groups -OCH3 is 1. The highest BCUT2D eigenvalue weighted by Gasteiger charge is 2.23. The van der Waals surface area contributed by atoms with Gasteiger partial charge in [0.1, 0.15) is 4.21 Å². The van der Waals surface area contributed by atoms with Gasteiger partial charge < -0.3 is 4.74 Å². The fourth-order valence-electron chi connectivity index (χ4n) is 1.26. The third kappa shape index (κ3) is 3.75. The van der Waals surface area contributed by atoms with Crippen LogP contribution in [0.25, 0.3) is 0 Å². The van der Waals surface area contributed by atoms with E-state index in [2.05, 4.69) is 15.9 Å². The predicted octanol–water partition coefficient (Wildman–Crippen LogP) is 2.48. The average Bonchev–Trinajstić information content (AvgIpc) is 2.60. The Labute approximate surface area is 115 Å². The van der Waals surface area contributed by atoms with Gasteiger partial charge in [-0.15, -0.1) is 11.3 Å². The maximum Gasteiger partial charge on any atom is 0.252 e. The number of rotatable bonds is 6. The molecule has 0 aromatic carbocycles. The first-order valence-electron chi connectivity index (χ1n) is 5.10. The summed E-state index contributed by atoms with van der Waals surface area (Å²) in [6.45, 7) is 2.91. The van der Waals surface area contributed by atoms with Crippen LogP contribution in [0.4, 0.5) is 0 Å². The minimum absolute atomic E-state index is 0.377. The van der Waals surface area contributed by atoms with Crippen LogP contribution in [0.5, 0.6) is 0 Å². The second-order valence-electron chi connectivity index (χ2n) is 3.70. The summed E-state index contributed by atoms with van der Waals surface area (Å²) >= 11 is 4.58. The first-order chi connectivity index (χ1) is 7.89. The SMILES string of the molecule is COCCCN(C)S(=O)(=O)c1cc(C)c(Br)s1. The highest BCUT2D eigenvalue weighted by molar-refractivity contribution is 9.11. The Bertz CT molecular complexity index is 450. The molecule has 0 fully saturated rings. The first kappa shape index (κ1) is 15.1. The first-order valence-corrected chi connectivity index (χ1v) is 8.15. The maximum absolute atomic E-state index is 12.2. The number of hydrogen-bond donors (Lipinski definition) is 0. The Morgan fingerprint density at radius 2 is 2.18 bits per heavy atom. The van der Waals surface area contributed by atoms with E-state index in [1.54, 1.807) is 20.2 Å². The van der Waals surface area contributed by atoms with Crippen LogP contribution >= 0.6 is 27.3 Å². The summed E-state index contributed by atoms with van der Waals surface area (Å²) in [5.41, 5.74) is 0.943. The van der Waals surface area contributed by atoms with Gasteiger partial charge in [0, 0.05) is 27.3 Å². The molecule has 0 aliphatic heterocycles. The molecule has 0 atom stereocenters. The Hall–Kier alpha value is 0.0500. The van der Waals surface area contributed by atoms with Gasteiger partial charge in [0.05, 0.1) is 3.79 Å². The molecule has 4 nitrogen and oxygen atoms in total. The smallest absolute Gasteiger partial charge is 0.252 e. The Balaban J connectivity index is 2.80. The molecular formula is C10H16BrNO3S2. The van der Waals surface area contributed by atoms with E-state index in [4.69, 9.17) is 4.74 Å². The van der Waals surface area contributed by atoms with Crippen molar-refractivity contribution in [2.75, 3.05) is 27.3 Å². The van der Waals surface area contributed by atoms with Gasteiger partial charge in [-0.25, -0.2) is 12.7 Å². The number of ether oxygens (including phenoxy) is 1. The molecule has 1 aromatic heterocycles. The Morgan fingerprint density at radius 1 is 1.53 bits per heavy atom. The van der Waals surface area contributed by atoms with Crippen molar-refractivity contribution in [3.8, 4) is 0 Å². The monoisotopic (exact) mass is 341 g/mol. The van der Waals surface area contributed by atoms with Gasteiger partial charge in [0.2, 0.25) is 0 Å². The van der Waals surface area contributed by atoms with E-state index in [1.807, 2.05) is 6.92 Å². The van der Waals surface area contributed by atoms with E-state index in [1.165, 1.54) is 15.6 Å². The molecule has 0 spiro atoms. The predicted molar refractivity (Wildman–Crippen MR) is 73.1 cm³/mol. The molecule has 0 aliphatic rings. The van der Waals surface area contributed by atoms with E-state index in [0.29, 0.717) is 23.8 Å². The quantitative estimate of drug-likeness (QED) is 0.746. The van der Waals surface area contributed by atoms with Gasteiger partial charge in [-0.3, -0.25) is 0 Å². The minimum atomic E-state index is -3.35. The molecule has 0 aliphatic carbocycles. The standard InChI is InChI=1S/C10H16BrNO3S2/c1-8-7-9(16-10(8)11)17(13,14)12(2)5-4-6-15-3/h7H,4-6H2,1-3H3. The van der Waals surface area contributed by atoms with E-state index in [-0.39, 0.29) is 0 Å². The van der Waals surface area contributed by atoms with E-state index < -0.39 is 10.0 Å². The Kier molecular flexibility index (Phi) is 5.59. The van der Waals surface area contributed by atoms with Crippen LogP contribution in [0.15, 0.2) is 14.1 Å². The van der Waals surface area contributed by atoms with Crippen molar-refractivity contribution in [2.45, 2.75) is 17.6 Å². The number of thiophene rings is 1. The third-order valence-electron chi connectivity index (χ3n) is 2.32. The lowest BCUT2D eigenvalue weighted by molar-refractivity contribution is 0.189. The van der Waals surface area contributed by atoms with E-state index in [0.717, 1.165) is 9.35 Å². The summed E-state index contributed by atoms with van der Waals surface area (Å²) in [4.78, 5) is 0. The van der Waals surface area contributed by atoms with Crippen molar-refractivity contribution in [1.82, 2.24) is 4.31 Å². The highest BCUT2D eigenvalue weighted by atomic mass is 79.9. The molecule has 0 radical (unpaired) electrons. The van der Waals surface area contributed by atoms with Gasteiger partial charge >= 0.3 is 0 Å². The molecule has 0 saturated heterocycles. The number of aryl methyl sites for hydroxylation is 1. The molecule has 0 unspecified atom stereocenters. The number of halogens is 1. The number of sulfonamides is 1. The van der Waals surface area contributed by atoms with Crippen molar-refractivity contribution in [3.05, 3.63) is 15.4 Å². The molecule has 7 heteroatoms. The summed E-state index contributed by atoms with van der Waals surface area (Å²) in [6, 6.07) is 1.69. The molecular weight excluding hydrogens is 326 g/mol. The van der Waals surface area contributed by atoms with E-state index in [9.17, 15) is 8.42 Å². The topological polar surface area (TPSA) is 46.6 Å². The summed E-state index contributed by atoms with van der Waals surface area (Å²) < 4.78 is 31.8. The van der Waals surface area contributed by atoms with Crippen LogP contribution in [-0.2, 0) is 14.8 Å². The molecule has 0 amide bonds. The zero-order chi connectivity index (χ0) is 13.1. The Morgan fingerprint density at radius 3 is 2.65 bits per heavy atom. The van der Waals surface area contributed by atoms with Gasteiger partial charge in [-0.1, -0.05) is 0 Å². The van der Waals surface area contributed by atoms with Crippen LogP contribution in [0, 0.1) is 6.92 Å². The zero-order valence-electron chi connectivity index (χ0n) is 10.1. The summed E-state index contributed by atoms with van der Waals surface area (Å²) in [5, 5.41) is 0. The highest BCUT2D eigenvalue weighted by Crippen LogP contribution is 2.31. The molecule has 0 saturated carbocycles. The maximum atomic E-state index is 12.2. The molecule has 0 bridgehead atoms. The lowest BCUT2D eigenvalue weighted by Crippen LogP contribution is -2.28. The molecule has 1 heterocycles. The van der Waals surface area contributed by atoms with Gasteiger partial charge in [-0.05, 0) is 40.9 Å². The molecule has 17 heavy (non-hydrogen) atoms. The lowest BCUT2D eigenvalue weighted by atomic mass is 10.4. The average molecular weight is 342 g/mol. The van der Waals surface area contributed by atoms with Crippen molar-refractivity contribution < 1.29 is 13.2 Å². The van der Waals surface area contributed by atoms with Crippen molar-refractivity contribution in [1.29, 1.82) is 0 Å². The lowest BCUT2D eigenvalue weighted by Gasteiger charge is -2.15. The zero-order valence-corrected chi connectivity index (χ0v) is 13.3. The van der Waals surface area contributed by atoms with Crippen molar-refractivity contribution in [3.63, 3.8) is 0 Å². The third-order valence-corrected chi connectivity index (χ3v) is 6.76. The molecule has 0 N–H and O–H groups in total. The number of hydrogen-bond acceptors (Lipinski definition) is 4. The molecule has 1 rings (SSSR count). The van der Waals surface area contributed by atoms with E-state index >= 15 is 0 Å². The summed E-state index contributed by atoms with van der Waals surface area (Å²) in [6.07, 6.45) is 0.692. The second kappa shape index (κ2) is 6.29.